The zero-order valence-corrected chi connectivity index (χ0v) is 94.9. The number of hydrogen-bond donors (Lipinski definition) is 0. The van der Waals surface area contributed by atoms with Gasteiger partial charge in [0.05, 0.1) is 26.4 Å². The van der Waals surface area contributed by atoms with Crippen molar-refractivity contribution in [3.8, 4) is 0 Å². The molecule has 0 saturated carbocycles. The van der Waals surface area contributed by atoms with Gasteiger partial charge in [-0.2, -0.15) is 26.3 Å². The molecule has 0 amide bonds. The lowest BCUT2D eigenvalue weighted by atomic mass is 9.96. The summed E-state index contributed by atoms with van der Waals surface area (Å²) in [6, 6.07) is 16.9. The maximum atomic E-state index is 12.4. The van der Waals surface area contributed by atoms with E-state index in [1.165, 1.54) is 41.5 Å². The number of halogens is 6. The van der Waals surface area contributed by atoms with Crippen molar-refractivity contribution in [3.05, 3.63) is 35.9 Å². The van der Waals surface area contributed by atoms with Gasteiger partial charge in [0.25, 0.3) is 0 Å². The zero-order valence-electron chi connectivity index (χ0n) is 87.9. The van der Waals surface area contributed by atoms with E-state index < -0.39 is 146 Å². The summed E-state index contributed by atoms with van der Waals surface area (Å²) in [6.45, 7) is 73.7. The second-order valence-electron chi connectivity index (χ2n) is 44.0. The summed E-state index contributed by atoms with van der Waals surface area (Å²) in [7, 11) is -8.25. The van der Waals surface area contributed by atoms with Gasteiger partial charge in [0.15, 0.2) is 5.78 Å². The van der Waals surface area contributed by atoms with Crippen LogP contribution in [0.1, 0.15) is 219 Å². The van der Waals surface area contributed by atoms with Crippen LogP contribution in [0.5, 0.6) is 0 Å². The molecule has 0 radical (unpaired) electrons. The third-order valence-corrected chi connectivity index (χ3v) is 33.0. The van der Waals surface area contributed by atoms with Gasteiger partial charge < -0.3 is 33.2 Å². The summed E-state index contributed by atoms with van der Waals surface area (Å²) >= 11 is 0. The number of hydrogen-bond acceptors (Lipinski definition) is 21. The minimum atomic E-state index is -4.99. The highest BCUT2D eigenvalue weighted by molar-refractivity contribution is 6.78. The Kier molecular flexibility index (Phi) is 70.1. The summed E-state index contributed by atoms with van der Waals surface area (Å²) in [6.07, 6.45) is -0.720. The van der Waals surface area contributed by atoms with Gasteiger partial charge in [0, 0.05) is 56.5 Å². The molecular weight excluding hydrogens is 1810 g/mol. The van der Waals surface area contributed by atoms with Crippen LogP contribution in [-0.4, -0.2) is 189 Å². The minimum absolute atomic E-state index is 0.0332. The van der Waals surface area contributed by atoms with Crippen LogP contribution in [0.4, 0.5) is 26.3 Å². The molecule has 0 aromatic heterocycles. The van der Waals surface area contributed by atoms with Gasteiger partial charge in [0.1, 0.15) is 95.1 Å². The molecule has 1 aromatic rings. The third kappa shape index (κ3) is 82.3. The van der Waals surface area contributed by atoms with Gasteiger partial charge in [-0.15, -0.1) is 0 Å². The van der Waals surface area contributed by atoms with Crippen molar-refractivity contribution in [2.24, 2.45) is 47.3 Å². The van der Waals surface area contributed by atoms with Crippen molar-refractivity contribution in [2.45, 2.75) is 423 Å². The summed E-state index contributed by atoms with van der Waals surface area (Å²) in [5.41, 5.74) is 0.416. The van der Waals surface area contributed by atoms with Crippen LogP contribution in [-0.2, 0) is 107 Å². The van der Waals surface area contributed by atoms with Gasteiger partial charge in [-0.05, 0) is 145 Å². The lowest BCUT2D eigenvalue weighted by Gasteiger charge is -2.23. The second kappa shape index (κ2) is 67.5. The van der Waals surface area contributed by atoms with E-state index in [4.69, 9.17) is 28.4 Å². The van der Waals surface area contributed by atoms with Crippen LogP contribution in [0, 0.1) is 47.3 Å². The van der Waals surface area contributed by atoms with Crippen LogP contribution in [0.3, 0.4) is 0 Å². The topological polar surface area (TPSA) is 304 Å². The Morgan fingerprint density at radius 2 is 0.573 bits per heavy atom. The van der Waals surface area contributed by atoms with Crippen molar-refractivity contribution >= 4 is 139 Å². The Bertz CT molecular complexity index is 3500. The highest BCUT2D eigenvalue weighted by atomic mass is 28.3. The molecule has 7 atom stereocenters. The average molecular weight is 1990 g/mol. The SMILES string of the molecule is CC(=O)C(CCC[Si](C)(C)C)C(=O)OC(C)(C)C.CC(=O)C(CCC[Si](C)(C)C)C(=O)OCC(C)C.CC(=O)C(CCC[Si](C)(C)C)C(=O)OCc1ccccc1.CCC(CC)OC(=O)C(CCC[Si](C)(C)C)C(C)=O.CCOC(=O)C(CCC[Si](C)(C)C)C(=O)C(F)(F)F.CCOC(=O)C(CCC[Si](C)(C)C)C(=O)CC(F)(F)F.CCOC(=O)C(CCC[Si](C)(C)C)C(C)=O. The van der Waals surface area contributed by atoms with Crippen LogP contribution < -0.4 is 0 Å². The second-order valence-corrected chi connectivity index (χ2v) is 83.3. The predicted octanol–water partition coefficient (Wildman–Crippen LogP) is 25.4. The number of alkyl halides is 6. The van der Waals surface area contributed by atoms with E-state index in [-0.39, 0.29) is 97.5 Å². The molecule has 131 heavy (non-hydrogen) atoms. The molecule has 1 rings (SSSR count). The van der Waals surface area contributed by atoms with Crippen LogP contribution >= 0.6 is 0 Å². The van der Waals surface area contributed by atoms with E-state index in [1.54, 1.807) is 13.8 Å². The van der Waals surface area contributed by atoms with Crippen LogP contribution in [0.15, 0.2) is 30.3 Å². The van der Waals surface area contributed by atoms with Gasteiger partial charge in [-0.25, -0.2) is 0 Å². The Morgan fingerprint density at radius 1 is 0.328 bits per heavy atom. The molecule has 7 unspecified atom stereocenters. The Balaban J connectivity index is -0.000000348. The molecule has 21 nitrogen and oxygen atoms in total. The quantitative estimate of drug-likeness (QED) is 0.0192. The molecule has 0 spiro atoms. The minimum Gasteiger partial charge on any atom is -0.465 e. The fraction of sp³-hybridized carbons (Fsp3) is 0.794. The van der Waals surface area contributed by atoms with Crippen LogP contribution in [0.25, 0.3) is 0 Å². The van der Waals surface area contributed by atoms with E-state index in [1.807, 2.05) is 78.8 Å². The average Bonchev–Trinajstić information content (AvgIpc) is 0.840. The van der Waals surface area contributed by atoms with E-state index in [0.717, 1.165) is 92.8 Å². The normalized spacial score (nSPS) is 13.6. The molecule has 0 N–H and O–H groups in total. The van der Waals surface area contributed by atoms with E-state index in [2.05, 4.69) is 142 Å². The Labute approximate surface area is 793 Å². The van der Waals surface area contributed by atoms with E-state index in [9.17, 15) is 93.5 Å². The van der Waals surface area contributed by atoms with Crippen LogP contribution in [0.2, 0.25) is 180 Å². The lowest BCUT2D eigenvalue weighted by molar-refractivity contribution is -0.181. The maximum absolute atomic E-state index is 12.4. The number of carbonyl (C=O) groups is 14. The van der Waals surface area contributed by atoms with Gasteiger partial charge in [0.2, 0.25) is 5.78 Å². The zero-order chi connectivity index (χ0) is 104. The molecule has 0 bridgehead atoms. The molecule has 0 aliphatic rings. The van der Waals surface area contributed by atoms with Crippen molar-refractivity contribution in [1.82, 2.24) is 0 Å². The molecular formula is C97H180F6O21Si7. The molecule has 0 saturated heterocycles. The molecule has 34 heteroatoms. The van der Waals surface area contributed by atoms with Crippen molar-refractivity contribution < 1.29 is 127 Å². The maximum Gasteiger partial charge on any atom is 0.450 e. The predicted molar refractivity (Wildman–Crippen MR) is 535 cm³/mol. The summed E-state index contributed by atoms with van der Waals surface area (Å²) in [4.78, 5) is 163. The van der Waals surface area contributed by atoms with E-state index >= 15 is 0 Å². The number of esters is 7. The first-order valence-electron chi connectivity index (χ1n) is 47.3. The van der Waals surface area contributed by atoms with Crippen molar-refractivity contribution in [1.29, 1.82) is 0 Å². The van der Waals surface area contributed by atoms with E-state index in [0.29, 0.717) is 64.1 Å². The molecule has 1 aromatic carbocycles. The molecule has 0 aliphatic heterocycles. The first-order valence-corrected chi connectivity index (χ1v) is 73.3. The first-order chi connectivity index (χ1) is 59.3. The molecule has 0 fully saturated rings. The number of Topliss-reactive ketones (excluding diaryl/α,β-unsaturated/α-hetero) is 7. The highest BCUT2D eigenvalue weighted by Gasteiger charge is 2.47. The number of ether oxygens (including phenoxy) is 7. The number of ketones is 7. The Hall–Kier alpha value is -5.70. The summed E-state index contributed by atoms with van der Waals surface area (Å²) in [5.74, 6) is -12.7. The van der Waals surface area contributed by atoms with Gasteiger partial charge >= 0.3 is 54.1 Å². The molecule has 0 aliphatic carbocycles. The fourth-order valence-electron chi connectivity index (χ4n) is 12.6. The standard InChI is InChI=1S/C17H26O3Si.C15H30O3Si.2C14H28O3Si.C13H23F3O3Si.C12H21F3O3Si.C12H24O3Si/c1-14(18)16(11-8-12-21(2,3)4)17(19)20-13-15-9-6-5-7-10-15;1-7-13(8-2)18-15(17)14(12(3)16)10-9-11-19(4,5)6;1-11(15)12(9-8-10-18(5,6)7)13(16)17-14(2,3)4;1-11(2)10-17-14(16)13(12(3)15)8-7-9-18(4,5)6;1-5-19-12(18)10(7-6-8-20(2,3)4)11(17)9-13(14,15)16;1-5-18-11(17)9(10(16)12(13,14)15)7-6-8-19(2,3)4;1-6-15-12(14)11(10(2)13)8-7-9-16(3,4)5/h5-7,9-10,16H,8,11-13H2,1-4H3;13-14H,7-11H2,1-6H3;12H,8-10H2,1-7H3;11,13H,7-10H2,1-6H3;10H,5-9H2,1-4H3;9H,5-8H2,1-4H3;11H,6-9H2,1-5H3. The third-order valence-electron chi connectivity index (χ3n) is 20.0. The number of carbonyl (C=O) groups excluding carboxylic acids is 14. The highest BCUT2D eigenvalue weighted by Crippen LogP contribution is 2.31. The van der Waals surface area contributed by atoms with Crippen molar-refractivity contribution in [2.75, 3.05) is 26.4 Å². The number of rotatable bonds is 53. The largest absolute Gasteiger partial charge is 0.465 e. The monoisotopic (exact) mass is 1990 g/mol. The lowest BCUT2D eigenvalue weighted by Crippen LogP contribution is -2.36. The first kappa shape index (κ1) is 136. The number of benzene rings is 1. The summed E-state index contributed by atoms with van der Waals surface area (Å²) in [5, 5.41) is 0. The molecule has 0 heterocycles. The summed E-state index contributed by atoms with van der Waals surface area (Å²) < 4.78 is 109. The Morgan fingerprint density at radius 3 is 0.817 bits per heavy atom. The smallest absolute Gasteiger partial charge is 0.450 e. The van der Waals surface area contributed by atoms with Gasteiger partial charge in [-0.1, -0.05) is 283 Å². The molecule has 764 valence electrons. The van der Waals surface area contributed by atoms with Crippen molar-refractivity contribution in [3.63, 3.8) is 0 Å². The van der Waals surface area contributed by atoms with Gasteiger partial charge in [-0.3, -0.25) is 67.1 Å². The fourth-order valence-corrected chi connectivity index (χ4v) is 21.4.